The first-order chi connectivity index (χ1) is 6.74. The van der Waals surface area contributed by atoms with Gasteiger partial charge in [-0.1, -0.05) is 13.3 Å². The van der Waals surface area contributed by atoms with Crippen LogP contribution in [0.25, 0.3) is 0 Å². The molecule has 0 bridgehead atoms. The van der Waals surface area contributed by atoms with E-state index >= 15 is 0 Å². The first kappa shape index (κ1) is 10.7. The van der Waals surface area contributed by atoms with E-state index in [9.17, 15) is 0 Å². The van der Waals surface area contributed by atoms with Crippen molar-refractivity contribution in [3.05, 3.63) is 0 Å². The van der Waals surface area contributed by atoms with Gasteiger partial charge < -0.3 is 9.47 Å². The Kier molecular flexibility index (Phi) is 3.35. The standard InChI is InChI=1S/C11H19ClO2/c1-9-3-2-5-11(6-4-9)13-8-10(7-12)14-11/h9-10H,2-8H2,1H3. The van der Waals surface area contributed by atoms with Crippen LogP contribution < -0.4 is 0 Å². The highest BCUT2D eigenvalue weighted by molar-refractivity contribution is 6.18. The lowest BCUT2D eigenvalue weighted by Gasteiger charge is -2.26. The number of alkyl halides is 1. The highest BCUT2D eigenvalue weighted by Crippen LogP contribution is 2.38. The molecule has 1 aliphatic carbocycles. The Labute approximate surface area is 90.9 Å². The molecule has 1 heterocycles. The van der Waals surface area contributed by atoms with Gasteiger partial charge in [0.1, 0.15) is 0 Å². The van der Waals surface area contributed by atoms with Crippen LogP contribution in [0.3, 0.4) is 0 Å². The summed E-state index contributed by atoms with van der Waals surface area (Å²) in [5.74, 6) is 1.10. The average molecular weight is 219 g/mol. The lowest BCUT2D eigenvalue weighted by molar-refractivity contribution is -0.174. The molecular formula is C11H19ClO2. The molecule has 2 fully saturated rings. The molecule has 0 radical (unpaired) electrons. The Balaban J connectivity index is 1.95. The molecule has 0 N–H and O–H groups in total. The molecule has 2 aliphatic rings. The molecule has 3 atom stereocenters. The van der Waals surface area contributed by atoms with Crippen LogP contribution in [0.5, 0.6) is 0 Å². The Morgan fingerprint density at radius 2 is 2.21 bits per heavy atom. The predicted molar refractivity (Wildman–Crippen MR) is 56.5 cm³/mol. The minimum atomic E-state index is -0.273. The van der Waals surface area contributed by atoms with Crippen LogP contribution in [0.1, 0.15) is 39.0 Å². The highest BCUT2D eigenvalue weighted by atomic mass is 35.5. The zero-order chi connectivity index (χ0) is 10.0. The van der Waals surface area contributed by atoms with Crippen LogP contribution >= 0.6 is 11.6 Å². The van der Waals surface area contributed by atoms with Crippen LogP contribution in [0.15, 0.2) is 0 Å². The number of halogens is 1. The predicted octanol–water partition coefficient (Wildman–Crippen LogP) is 2.94. The van der Waals surface area contributed by atoms with E-state index in [1.807, 2.05) is 0 Å². The molecule has 3 unspecified atom stereocenters. The maximum Gasteiger partial charge on any atom is 0.168 e. The summed E-state index contributed by atoms with van der Waals surface area (Å²) >= 11 is 5.77. The Morgan fingerprint density at radius 1 is 1.36 bits per heavy atom. The molecule has 82 valence electrons. The number of hydrogen-bond donors (Lipinski definition) is 0. The largest absolute Gasteiger partial charge is 0.347 e. The average Bonchev–Trinajstić information content (AvgIpc) is 2.50. The maximum absolute atomic E-state index is 5.91. The van der Waals surface area contributed by atoms with Gasteiger partial charge >= 0.3 is 0 Å². The quantitative estimate of drug-likeness (QED) is 0.630. The summed E-state index contributed by atoms with van der Waals surface area (Å²) < 4.78 is 11.7. The molecule has 2 rings (SSSR count). The second-order valence-electron chi connectivity index (χ2n) is 4.65. The zero-order valence-electron chi connectivity index (χ0n) is 8.80. The SMILES string of the molecule is CC1CCCC2(CC1)OCC(CCl)O2. The number of rotatable bonds is 1. The summed E-state index contributed by atoms with van der Waals surface area (Å²) in [5.41, 5.74) is 0. The molecular weight excluding hydrogens is 200 g/mol. The van der Waals surface area contributed by atoms with E-state index in [0.29, 0.717) is 12.5 Å². The van der Waals surface area contributed by atoms with Gasteiger partial charge in [0.2, 0.25) is 0 Å². The highest BCUT2D eigenvalue weighted by Gasteiger charge is 2.41. The van der Waals surface area contributed by atoms with Crippen LogP contribution in [0.4, 0.5) is 0 Å². The first-order valence-electron chi connectivity index (χ1n) is 5.62. The van der Waals surface area contributed by atoms with Crippen molar-refractivity contribution in [2.24, 2.45) is 5.92 Å². The van der Waals surface area contributed by atoms with Crippen molar-refractivity contribution >= 4 is 11.6 Å². The van der Waals surface area contributed by atoms with Gasteiger partial charge in [-0.25, -0.2) is 0 Å². The summed E-state index contributed by atoms with van der Waals surface area (Å²) in [4.78, 5) is 0. The van der Waals surface area contributed by atoms with Gasteiger partial charge in [-0.2, -0.15) is 0 Å². The summed E-state index contributed by atoms with van der Waals surface area (Å²) in [6, 6.07) is 0. The minimum absolute atomic E-state index is 0.116. The molecule has 1 aliphatic heterocycles. The second-order valence-corrected chi connectivity index (χ2v) is 4.96. The van der Waals surface area contributed by atoms with E-state index in [4.69, 9.17) is 21.1 Å². The topological polar surface area (TPSA) is 18.5 Å². The van der Waals surface area contributed by atoms with Gasteiger partial charge in [0.25, 0.3) is 0 Å². The summed E-state index contributed by atoms with van der Waals surface area (Å²) in [6.07, 6.45) is 5.95. The fourth-order valence-electron chi connectivity index (χ4n) is 2.41. The third kappa shape index (κ3) is 2.23. The van der Waals surface area contributed by atoms with Gasteiger partial charge in [-0.15, -0.1) is 11.6 Å². The summed E-state index contributed by atoms with van der Waals surface area (Å²) in [6.45, 7) is 2.99. The van der Waals surface area contributed by atoms with E-state index in [0.717, 1.165) is 18.8 Å². The van der Waals surface area contributed by atoms with Gasteiger partial charge in [-0.3, -0.25) is 0 Å². The summed E-state index contributed by atoms with van der Waals surface area (Å²) in [5, 5.41) is 0. The zero-order valence-corrected chi connectivity index (χ0v) is 9.55. The molecule has 1 saturated heterocycles. The molecule has 1 spiro atoms. The van der Waals surface area contributed by atoms with Gasteiger partial charge in [0, 0.05) is 12.8 Å². The molecule has 14 heavy (non-hydrogen) atoms. The van der Waals surface area contributed by atoms with Crippen molar-refractivity contribution in [1.29, 1.82) is 0 Å². The van der Waals surface area contributed by atoms with Crippen molar-refractivity contribution in [3.8, 4) is 0 Å². The van der Waals surface area contributed by atoms with Crippen LogP contribution in [-0.4, -0.2) is 24.4 Å². The van der Waals surface area contributed by atoms with E-state index in [2.05, 4.69) is 6.92 Å². The Hall–Kier alpha value is 0.210. The monoisotopic (exact) mass is 218 g/mol. The maximum atomic E-state index is 5.91. The third-order valence-electron chi connectivity index (χ3n) is 3.36. The lowest BCUT2D eigenvalue weighted by Crippen LogP contribution is -2.30. The van der Waals surface area contributed by atoms with Crippen molar-refractivity contribution in [1.82, 2.24) is 0 Å². The van der Waals surface area contributed by atoms with Crippen molar-refractivity contribution in [3.63, 3.8) is 0 Å². The number of hydrogen-bond acceptors (Lipinski definition) is 2. The second kappa shape index (κ2) is 4.38. The minimum Gasteiger partial charge on any atom is -0.347 e. The number of ether oxygens (including phenoxy) is 2. The molecule has 3 heteroatoms. The van der Waals surface area contributed by atoms with Crippen molar-refractivity contribution in [2.75, 3.05) is 12.5 Å². The molecule has 0 amide bonds. The Bertz CT molecular complexity index is 198. The van der Waals surface area contributed by atoms with Crippen molar-refractivity contribution < 1.29 is 9.47 Å². The molecule has 0 aromatic heterocycles. The fraction of sp³-hybridized carbons (Fsp3) is 1.00. The lowest BCUT2D eigenvalue weighted by atomic mass is 10.0. The smallest absolute Gasteiger partial charge is 0.168 e. The summed E-state index contributed by atoms with van der Waals surface area (Å²) in [7, 11) is 0. The van der Waals surface area contributed by atoms with Gasteiger partial charge in [0.05, 0.1) is 18.6 Å². The fourth-order valence-corrected chi connectivity index (χ4v) is 2.56. The van der Waals surface area contributed by atoms with Gasteiger partial charge in [0.15, 0.2) is 5.79 Å². The Morgan fingerprint density at radius 3 is 2.93 bits per heavy atom. The van der Waals surface area contributed by atoms with Gasteiger partial charge in [-0.05, 0) is 18.8 Å². The van der Waals surface area contributed by atoms with E-state index in [1.165, 1.54) is 19.3 Å². The molecule has 2 nitrogen and oxygen atoms in total. The third-order valence-corrected chi connectivity index (χ3v) is 3.70. The van der Waals surface area contributed by atoms with Crippen LogP contribution in [-0.2, 0) is 9.47 Å². The van der Waals surface area contributed by atoms with Crippen LogP contribution in [0.2, 0.25) is 0 Å². The van der Waals surface area contributed by atoms with E-state index in [-0.39, 0.29) is 11.9 Å². The molecule has 0 aromatic rings. The first-order valence-corrected chi connectivity index (χ1v) is 6.15. The molecule has 1 saturated carbocycles. The normalized spacial score (nSPS) is 44.1. The van der Waals surface area contributed by atoms with E-state index < -0.39 is 0 Å². The van der Waals surface area contributed by atoms with E-state index in [1.54, 1.807) is 0 Å². The molecule has 0 aromatic carbocycles. The van der Waals surface area contributed by atoms with Crippen molar-refractivity contribution in [2.45, 2.75) is 50.9 Å². The van der Waals surface area contributed by atoms with Crippen LogP contribution in [0, 0.1) is 5.92 Å².